The molecular weight excluding hydrogens is 308 g/mol. The second-order valence-corrected chi connectivity index (χ2v) is 7.18. The third kappa shape index (κ3) is 2.52. The molecule has 0 radical (unpaired) electrons. The third-order valence-electron chi connectivity index (χ3n) is 5.11. The van der Waals surface area contributed by atoms with E-state index in [0.29, 0.717) is 11.1 Å². The number of pyridine rings is 1. The lowest BCUT2D eigenvalue weighted by atomic mass is 9.85. The van der Waals surface area contributed by atoms with Gasteiger partial charge in [0.1, 0.15) is 11.4 Å². The van der Waals surface area contributed by atoms with Gasteiger partial charge in [-0.1, -0.05) is 23.7 Å². The van der Waals surface area contributed by atoms with Crippen LogP contribution in [0.25, 0.3) is 0 Å². The third-order valence-corrected chi connectivity index (χ3v) is 5.34. The Labute approximate surface area is 142 Å². The van der Waals surface area contributed by atoms with Gasteiger partial charge in [-0.15, -0.1) is 0 Å². The molecule has 3 heterocycles. The Bertz CT molecular complexity index is 744. The van der Waals surface area contributed by atoms with E-state index in [4.69, 9.17) is 16.3 Å². The molecule has 120 valence electrons. The van der Waals surface area contributed by atoms with Gasteiger partial charge in [-0.05, 0) is 62.9 Å². The second-order valence-electron chi connectivity index (χ2n) is 6.75. The monoisotopic (exact) mass is 328 g/mol. The van der Waals surface area contributed by atoms with Crippen LogP contribution < -0.4 is 10.1 Å². The zero-order valence-electron chi connectivity index (χ0n) is 13.5. The summed E-state index contributed by atoms with van der Waals surface area (Å²) in [5, 5.41) is 4.21. The van der Waals surface area contributed by atoms with E-state index in [2.05, 4.69) is 36.3 Å². The molecule has 2 aliphatic rings. The number of aromatic nitrogens is 1. The average molecular weight is 329 g/mol. The van der Waals surface area contributed by atoms with Crippen LogP contribution in [0.2, 0.25) is 5.02 Å². The van der Waals surface area contributed by atoms with Crippen molar-refractivity contribution in [3.63, 3.8) is 0 Å². The molecule has 3 nitrogen and oxygen atoms in total. The largest absolute Gasteiger partial charge is 0.481 e. The van der Waals surface area contributed by atoms with Crippen LogP contribution in [0.5, 0.6) is 5.75 Å². The van der Waals surface area contributed by atoms with Gasteiger partial charge >= 0.3 is 0 Å². The summed E-state index contributed by atoms with van der Waals surface area (Å²) >= 11 is 5.98. The first-order valence-electron chi connectivity index (χ1n) is 8.26. The van der Waals surface area contributed by atoms with Crippen molar-refractivity contribution in [1.29, 1.82) is 0 Å². The van der Waals surface area contributed by atoms with Gasteiger partial charge in [0, 0.05) is 17.8 Å². The number of hydrogen-bond acceptors (Lipinski definition) is 3. The van der Waals surface area contributed by atoms with E-state index in [0.717, 1.165) is 37.3 Å². The minimum absolute atomic E-state index is 0.328. The van der Waals surface area contributed by atoms with Gasteiger partial charge in [-0.3, -0.25) is 4.98 Å². The Morgan fingerprint density at radius 2 is 2.04 bits per heavy atom. The average Bonchev–Trinajstić information content (AvgIpc) is 2.55. The molecule has 1 aromatic heterocycles. The number of nitrogens with zero attached hydrogens (tertiary/aromatic N) is 1. The van der Waals surface area contributed by atoms with Crippen LogP contribution in [0.4, 0.5) is 0 Å². The zero-order chi connectivity index (χ0) is 16.0. The Kier molecular flexibility index (Phi) is 3.58. The van der Waals surface area contributed by atoms with Crippen molar-refractivity contribution in [3.8, 4) is 5.75 Å². The number of aryl methyl sites for hydroxylation is 1. The van der Waals surface area contributed by atoms with Gasteiger partial charge in [0.05, 0.1) is 10.7 Å². The SMILES string of the molecule is CC1NCCc2ccc3c(c21)OC(C)(c1ccc(Cl)cn1)CC3. The van der Waals surface area contributed by atoms with Gasteiger partial charge in [0.15, 0.2) is 0 Å². The maximum atomic E-state index is 6.57. The molecule has 4 rings (SSSR count). The second kappa shape index (κ2) is 5.50. The highest BCUT2D eigenvalue weighted by Crippen LogP contribution is 2.44. The van der Waals surface area contributed by atoms with Crippen molar-refractivity contribution < 1.29 is 4.74 Å². The van der Waals surface area contributed by atoms with Gasteiger partial charge in [-0.2, -0.15) is 0 Å². The van der Waals surface area contributed by atoms with Crippen LogP contribution in [0.1, 0.15) is 48.7 Å². The van der Waals surface area contributed by atoms with Crippen molar-refractivity contribution in [2.24, 2.45) is 0 Å². The Morgan fingerprint density at radius 1 is 1.22 bits per heavy atom. The van der Waals surface area contributed by atoms with Crippen molar-refractivity contribution in [2.75, 3.05) is 6.54 Å². The summed E-state index contributed by atoms with van der Waals surface area (Å²) in [5.74, 6) is 1.06. The fraction of sp³-hybridized carbons (Fsp3) is 0.421. The Morgan fingerprint density at radius 3 is 2.83 bits per heavy atom. The highest BCUT2D eigenvalue weighted by Gasteiger charge is 2.37. The molecule has 4 heteroatoms. The summed E-state index contributed by atoms with van der Waals surface area (Å²) in [6.07, 6.45) is 4.70. The van der Waals surface area contributed by atoms with Crippen LogP contribution in [-0.2, 0) is 18.4 Å². The number of hydrogen-bond donors (Lipinski definition) is 1. The predicted octanol–water partition coefficient (Wildman–Crippen LogP) is 4.18. The first kappa shape index (κ1) is 15.0. The molecule has 0 saturated carbocycles. The zero-order valence-corrected chi connectivity index (χ0v) is 14.3. The molecule has 0 spiro atoms. The Hall–Kier alpha value is -1.58. The van der Waals surface area contributed by atoms with Crippen LogP contribution in [-0.4, -0.2) is 11.5 Å². The molecule has 0 saturated heterocycles. The molecule has 0 amide bonds. The number of benzene rings is 1. The summed E-state index contributed by atoms with van der Waals surface area (Å²) < 4.78 is 6.57. The number of ether oxygens (including phenoxy) is 1. The maximum absolute atomic E-state index is 6.57. The van der Waals surface area contributed by atoms with Crippen LogP contribution >= 0.6 is 11.6 Å². The summed E-state index contributed by atoms with van der Waals surface area (Å²) in [6.45, 7) is 5.38. The number of nitrogens with one attached hydrogen (secondary N) is 1. The molecule has 0 bridgehead atoms. The van der Waals surface area contributed by atoms with Crippen LogP contribution in [0.3, 0.4) is 0 Å². The van der Waals surface area contributed by atoms with Gasteiger partial charge < -0.3 is 10.1 Å². The van der Waals surface area contributed by atoms with Gasteiger partial charge in [0.25, 0.3) is 0 Å². The van der Waals surface area contributed by atoms with E-state index in [1.54, 1.807) is 6.20 Å². The molecule has 1 N–H and O–H groups in total. The molecule has 2 atom stereocenters. The van der Waals surface area contributed by atoms with Crippen molar-refractivity contribution >= 4 is 11.6 Å². The van der Waals surface area contributed by atoms with E-state index in [1.165, 1.54) is 16.7 Å². The quantitative estimate of drug-likeness (QED) is 0.852. The summed E-state index contributed by atoms with van der Waals surface area (Å²) in [4.78, 5) is 4.51. The lowest BCUT2D eigenvalue weighted by Gasteiger charge is -2.38. The molecule has 23 heavy (non-hydrogen) atoms. The van der Waals surface area contributed by atoms with Crippen molar-refractivity contribution in [3.05, 3.63) is 57.9 Å². The molecule has 2 aliphatic heterocycles. The number of fused-ring (bicyclic) bond motifs is 3. The standard InChI is InChI=1S/C19H21ClN2O/c1-12-17-13(8-10-21-12)3-4-14-7-9-19(2,23-18(14)17)16-6-5-15(20)11-22-16/h3-6,11-12,21H,7-10H2,1-2H3. The molecule has 2 unspecified atom stereocenters. The molecule has 0 aliphatic carbocycles. The van der Waals surface area contributed by atoms with E-state index < -0.39 is 5.60 Å². The summed E-state index contributed by atoms with van der Waals surface area (Å²) in [5.41, 5.74) is 4.59. The molecule has 2 aromatic rings. The lowest BCUT2D eigenvalue weighted by Crippen LogP contribution is -2.37. The highest BCUT2D eigenvalue weighted by molar-refractivity contribution is 6.30. The van der Waals surface area contributed by atoms with Crippen LogP contribution in [0.15, 0.2) is 30.5 Å². The van der Waals surface area contributed by atoms with Gasteiger partial charge in [0.2, 0.25) is 0 Å². The normalized spacial score (nSPS) is 26.1. The van der Waals surface area contributed by atoms with E-state index in [1.807, 2.05) is 12.1 Å². The van der Waals surface area contributed by atoms with E-state index in [9.17, 15) is 0 Å². The number of halogens is 1. The maximum Gasteiger partial charge on any atom is 0.148 e. The molecular formula is C19H21ClN2O. The smallest absolute Gasteiger partial charge is 0.148 e. The first-order valence-corrected chi connectivity index (χ1v) is 8.64. The van der Waals surface area contributed by atoms with Crippen molar-refractivity contribution in [2.45, 2.75) is 44.8 Å². The molecule has 1 aromatic carbocycles. The fourth-order valence-corrected chi connectivity index (χ4v) is 3.85. The predicted molar refractivity (Wildman–Crippen MR) is 92.1 cm³/mol. The topological polar surface area (TPSA) is 34.1 Å². The fourth-order valence-electron chi connectivity index (χ4n) is 3.74. The minimum atomic E-state index is -0.399. The summed E-state index contributed by atoms with van der Waals surface area (Å²) in [6, 6.07) is 8.71. The molecule has 0 fully saturated rings. The van der Waals surface area contributed by atoms with E-state index in [-0.39, 0.29) is 0 Å². The summed E-state index contributed by atoms with van der Waals surface area (Å²) in [7, 11) is 0. The minimum Gasteiger partial charge on any atom is -0.481 e. The highest BCUT2D eigenvalue weighted by atomic mass is 35.5. The van der Waals surface area contributed by atoms with Crippen molar-refractivity contribution in [1.82, 2.24) is 10.3 Å². The van der Waals surface area contributed by atoms with Gasteiger partial charge in [-0.25, -0.2) is 0 Å². The first-order chi connectivity index (χ1) is 11.1. The van der Waals surface area contributed by atoms with E-state index >= 15 is 0 Å². The lowest BCUT2D eigenvalue weighted by molar-refractivity contribution is 0.0559. The van der Waals surface area contributed by atoms with Crippen LogP contribution in [0, 0.1) is 0 Å². The number of rotatable bonds is 1. The Balaban J connectivity index is 1.77.